The van der Waals surface area contributed by atoms with Crippen molar-refractivity contribution >= 4 is 50.7 Å². The molecule has 0 aromatic heterocycles. The van der Waals surface area contributed by atoms with Crippen molar-refractivity contribution < 1.29 is 22.4 Å². The maximum absolute atomic E-state index is 14.2. The number of nitrogens with one attached hydrogen (secondary N) is 1. The van der Waals surface area contributed by atoms with E-state index >= 15 is 0 Å². The second-order valence-electron chi connectivity index (χ2n) is 9.42. The summed E-state index contributed by atoms with van der Waals surface area (Å²) in [6.45, 7) is -0.753. The van der Waals surface area contributed by atoms with Crippen molar-refractivity contribution in [2.24, 2.45) is 0 Å². The number of hydrogen-bond donors (Lipinski definition) is 1. The molecule has 0 fully saturated rings. The van der Waals surface area contributed by atoms with Crippen LogP contribution in [0.25, 0.3) is 0 Å². The molecular formula is C31H28Cl2FN3O4S. The Morgan fingerprint density at radius 2 is 1.40 bits per heavy atom. The molecule has 4 aromatic carbocycles. The Labute approximate surface area is 254 Å². The van der Waals surface area contributed by atoms with Crippen LogP contribution in [-0.2, 0) is 32.6 Å². The molecule has 0 aliphatic heterocycles. The predicted molar refractivity (Wildman–Crippen MR) is 162 cm³/mol. The van der Waals surface area contributed by atoms with Crippen molar-refractivity contribution in [2.75, 3.05) is 17.9 Å². The zero-order valence-electron chi connectivity index (χ0n) is 22.6. The van der Waals surface area contributed by atoms with Crippen molar-refractivity contribution in [3.05, 3.63) is 130 Å². The standard InChI is InChI=1S/C31H28Cl2FN3O4S/c1-35-31(39)29(16-22-8-4-2-5-9-22)36(20-23-12-14-26(34)15-13-23)30(38)21-37(27-18-24(32)17-25(33)19-27)42(40,41)28-10-6-3-7-11-28/h2-15,17-19,29H,16,20-21H2,1H3,(H,35,39)/t29-/m0/s1. The van der Waals surface area contributed by atoms with Gasteiger partial charge in [-0.1, -0.05) is 83.9 Å². The first-order valence-electron chi connectivity index (χ1n) is 12.9. The Kier molecular flexibility index (Phi) is 10.2. The van der Waals surface area contributed by atoms with Crippen molar-refractivity contribution in [1.82, 2.24) is 10.2 Å². The Balaban J connectivity index is 1.80. The molecular weight excluding hydrogens is 600 g/mol. The third-order valence-corrected chi connectivity index (χ3v) is 8.75. The molecule has 1 atom stereocenters. The number of sulfonamides is 1. The Bertz CT molecular complexity index is 1620. The first kappa shape index (κ1) is 31.0. The largest absolute Gasteiger partial charge is 0.357 e. The summed E-state index contributed by atoms with van der Waals surface area (Å²) in [6, 6.07) is 25.5. The summed E-state index contributed by atoms with van der Waals surface area (Å²) in [7, 11) is -2.83. The fourth-order valence-electron chi connectivity index (χ4n) is 4.44. The van der Waals surface area contributed by atoms with Gasteiger partial charge in [0, 0.05) is 30.1 Å². The van der Waals surface area contributed by atoms with Crippen LogP contribution in [0, 0.1) is 5.82 Å². The van der Waals surface area contributed by atoms with Crippen LogP contribution in [0.15, 0.2) is 108 Å². The smallest absolute Gasteiger partial charge is 0.264 e. The summed E-state index contributed by atoms with van der Waals surface area (Å²) in [5, 5.41) is 2.96. The normalized spacial score (nSPS) is 11.9. The van der Waals surface area contributed by atoms with Gasteiger partial charge in [-0.15, -0.1) is 0 Å². The molecule has 0 aliphatic rings. The van der Waals surface area contributed by atoms with Gasteiger partial charge in [0.1, 0.15) is 18.4 Å². The molecule has 0 aliphatic carbocycles. The highest BCUT2D eigenvalue weighted by Crippen LogP contribution is 2.30. The molecule has 0 radical (unpaired) electrons. The molecule has 2 amide bonds. The minimum Gasteiger partial charge on any atom is -0.357 e. The average Bonchev–Trinajstić information content (AvgIpc) is 2.98. The van der Waals surface area contributed by atoms with Crippen molar-refractivity contribution in [3.8, 4) is 0 Å². The average molecular weight is 629 g/mol. The van der Waals surface area contributed by atoms with Gasteiger partial charge in [-0.25, -0.2) is 12.8 Å². The second-order valence-corrected chi connectivity index (χ2v) is 12.2. The topological polar surface area (TPSA) is 86.8 Å². The number of hydrogen-bond acceptors (Lipinski definition) is 4. The fraction of sp³-hybridized carbons (Fsp3) is 0.161. The third-order valence-electron chi connectivity index (χ3n) is 6.53. The molecule has 7 nitrogen and oxygen atoms in total. The van der Waals surface area contributed by atoms with Gasteiger partial charge < -0.3 is 10.2 Å². The molecule has 11 heteroatoms. The molecule has 0 unspecified atom stereocenters. The van der Waals surface area contributed by atoms with E-state index in [1.807, 2.05) is 30.3 Å². The van der Waals surface area contributed by atoms with Gasteiger partial charge in [-0.05, 0) is 53.6 Å². The number of rotatable bonds is 11. The summed E-state index contributed by atoms with van der Waals surface area (Å²) >= 11 is 12.5. The number of benzene rings is 4. The number of amides is 2. The van der Waals surface area contributed by atoms with E-state index in [1.165, 1.54) is 66.5 Å². The molecule has 4 rings (SSSR count). The number of halogens is 3. The van der Waals surface area contributed by atoms with E-state index in [9.17, 15) is 22.4 Å². The van der Waals surface area contributed by atoms with E-state index in [-0.39, 0.29) is 33.6 Å². The summed E-state index contributed by atoms with van der Waals surface area (Å²) in [5.41, 5.74) is 1.42. The number of anilines is 1. The van der Waals surface area contributed by atoms with E-state index in [0.29, 0.717) is 5.56 Å². The van der Waals surface area contributed by atoms with Gasteiger partial charge in [-0.2, -0.15) is 0 Å². The Morgan fingerprint density at radius 1 is 0.833 bits per heavy atom. The first-order valence-corrected chi connectivity index (χ1v) is 15.1. The number of likely N-dealkylation sites (N-methyl/N-ethyl adjacent to an activating group) is 1. The molecule has 4 aromatic rings. The van der Waals surface area contributed by atoms with Crippen LogP contribution in [0.2, 0.25) is 10.0 Å². The third kappa shape index (κ3) is 7.67. The van der Waals surface area contributed by atoms with E-state index in [0.717, 1.165) is 9.87 Å². The van der Waals surface area contributed by atoms with E-state index in [4.69, 9.17) is 23.2 Å². The molecule has 0 saturated carbocycles. The van der Waals surface area contributed by atoms with Crippen LogP contribution in [0.3, 0.4) is 0 Å². The number of carbonyl (C=O) groups is 2. The van der Waals surface area contributed by atoms with Gasteiger partial charge in [0.05, 0.1) is 10.6 Å². The molecule has 1 N–H and O–H groups in total. The Morgan fingerprint density at radius 3 is 1.98 bits per heavy atom. The zero-order chi connectivity index (χ0) is 30.3. The van der Waals surface area contributed by atoms with Gasteiger partial charge in [0.25, 0.3) is 10.0 Å². The molecule has 0 spiro atoms. The van der Waals surface area contributed by atoms with Crippen LogP contribution in [0.4, 0.5) is 10.1 Å². The lowest BCUT2D eigenvalue weighted by Crippen LogP contribution is -2.53. The molecule has 42 heavy (non-hydrogen) atoms. The summed E-state index contributed by atoms with van der Waals surface area (Å²) in [4.78, 5) is 28.7. The van der Waals surface area contributed by atoms with Crippen LogP contribution < -0.4 is 9.62 Å². The lowest BCUT2D eigenvalue weighted by atomic mass is 10.0. The maximum Gasteiger partial charge on any atom is 0.264 e. The van der Waals surface area contributed by atoms with Gasteiger partial charge in [0.2, 0.25) is 11.8 Å². The monoisotopic (exact) mass is 627 g/mol. The van der Waals surface area contributed by atoms with Crippen molar-refractivity contribution in [3.63, 3.8) is 0 Å². The van der Waals surface area contributed by atoms with Crippen molar-refractivity contribution in [1.29, 1.82) is 0 Å². The van der Waals surface area contributed by atoms with Gasteiger partial charge in [-0.3, -0.25) is 13.9 Å². The lowest BCUT2D eigenvalue weighted by Gasteiger charge is -2.33. The van der Waals surface area contributed by atoms with E-state index in [1.54, 1.807) is 18.2 Å². The van der Waals surface area contributed by atoms with Crippen LogP contribution in [-0.4, -0.2) is 44.8 Å². The minimum absolute atomic E-state index is 0.0499. The van der Waals surface area contributed by atoms with Crippen molar-refractivity contribution in [2.45, 2.75) is 23.9 Å². The molecule has 0 saturated heterocycles. The predicted octanol–water partition coefficient (Wildman–Crippen LogP) is 5.71. The van der Waals surface area contributed by atoms with E-state index in [2.05, 4.69) is 5.32 Å². The fourth-order valence-corrected chi connectivity index (χ4v) is 6.37. The van der Waals surface area contributed by atoms with Gasteiger partial charge >= 0.3 is 0 Å². The highest BCUT2D eigenvalue weighted by atomic mass is 35.5. The SMILES string of the molecule is CNC(=O)[C@H](Cc1ccccc1)N(Cc1ccc(F)cc1)C(=O)CN(c1cc(Cl)cc(Cl)c1)S(=O)(=O)c1ccccc1. The molecule has 0 heterocycles. The van der Waals surface area contributed by atoms with Crippen LogP contribution >= 0.6 is 23.2 Å². The zero-order valence-corrected chi connectivity index (χ0v) is 24.9. The highest BCUT2D eigenvalue weighted by Gasteiger charge is 2.34. The minimum atomic E-state index is -4.29. The quantitative estimate of drug-likeness (QED) is 0.231. The van der Waals surface area contributed by atoms with Crippen LogP contribution in [0.5, 0.6) is 0 Å². The summed E-state index contributed by atoms with van der Waals surface area (Å²) in [6.07, 6.45) is 0.155. The Hall–Kier alpha value is -3.92. The molecule has 0 bridgehead atoms. The summed E-state index contributed by atoms with van der Waals surface area (Å²) < 4.78 is 42.4. The lowest BCUT2D eigenvalue weighted by molar-refractivity contribution is -0.139. The number of nitrogens with zero attached hydrogens (tertiary/aromatic N) is 2. The van der Waals surface area contributed by atoms with E-state index < -0.39 is 40.2 Å². The second kappa shape index (κ2) is 13.8. The summed E-state index contributed by atoms with van der Waals surface area (Å²) in [5.74, 6) is -1.57. The molecule has 218 valence electrons. The number of carbonyl (C=O) groups excluding carboxylic acids is 2. The highest BCUT2D eigenvalue weighted by molar-refractivity contribution is 7.92. The van der Waals surface area contributed by atoms with Crippen LogP contribution in [0.1, 0.15) is 11.1 Å². The van der Waals surface area contributed by atoms with Gasteiger partial charge in [0.15, 0.2) is 0 Å². The maximum atomic E-state index is 14.2. The first-order chi connectivity index (χ1) is 20.1.